The molecule has 1 fully saturated rings. The van der Waals surface area contributed by atoms with Gasteiger partial charge in [0, 0.05) is 0 Å². The Labute approximate surface area is 161 Å². The molecule has 1 aliphatic rings. The molecule has 0 bridgehead atoms. The maximum Gasteiger partial charge on any atom is 0.337 e. The summed E-state index contributed by atoms with van der Waals surface area (Å²) in [7, 11) is 1.34. The highest BCUT2D eigenvalue weighted by Gasteiger charge is 2.31. The van der Waals surface area contributed by atoms with Crippen LogP contribution in [0.25, 0.3) is 6.08 Å². The lowest BCUT2D eigenvalue weighted by Gasteiger charge is -2.14. The van der Waals surface area contributed by atoms with E-state index in [0.29, 0.717) is 21.3 Å². The summed E-state index contributed by atoms with van der Waals surface area (Å²) in [5, 5.41) is 0. The maximum atomic E-state index is 12.7. The van der Waals surface area contributed by atoms with Gasteiger partial charge in [0.25, 0.3) is 5.91 Å². The summed E-state index contributed by atoms with van der Waals surface area (Å²) < 4.78 is 5.23. The van der Waals surface area contributed by atoms with Crippen LogP contribution < -0.4 is 0 Å². The van der Waals surface area contributed by atoms with Gasteiger partial charge in [-0.1, -0.05) is 65.9 Å². The van der Waals surface area contributed by atoms with Crippen molar-refractivity contribution in [1.29, 1.82) is 0 Å². The minimum absolute atomic E-state index is 0.0994. The molecule has 4 nitrogen and oxygen atoms in total. The van der Waals surface area contributed by atoms with Crippen molar-refractivity contribution in [2.24, 2.45) is 0 Å². The number of thiocarbonyl (C=S) groups is 1. The first-order valence-corrected chi connectivity index (χ1v) is 9.19. The van der Waals surface area contributed by atoms with Gasteiger partial charge in [0.05, 0.1) is 24.1 Å². The van der Waals surface area contributed by atoms with E-state index in [4.69, 9.17) is 12.2 Å². The highest BCUT2D eigenvalue weighted by atomic mass is 32.2. The van der Waals surface area contributed by atoms with Gasteiger partial charge in [0.1, 0.15) is 4.32 Å². The zero-order chi connectivity index (χ0) is 18.7. The number of hydrogen-bond acceptors (Lipinski definition) is 5. The molecule has 0 radical (unpaired) electrons. The van der Waals surface area contributed by atoms with E-state index in [1.807, 2.05) is 31.2 Å². The molecule has 0 aromatic heterocycles. The Morgan fingerprint density at radius 3 is 2.42 bits per heavy atom. The third-order valence-electron chi connectivity index (χ3n) is 3.96. The minimum atomic E-state index is -0.388. The predicted octanol–water partition coefficient (Wildman–Crippen LogP) is 4.18. The standard InChI is InChI=1S/C20H17NO3S2/c1-13-3-5-15(6-4-13)12-21-18(22)17(26-20(21)25)11-14-7-9-16(10-8-14)19(23)24-2/h3-11H,12H2,1-2H3. The van der Waals surface area contributed by atoms with Crippen molar-refractivity contribution in [3.63, 3.8) is 0 Å². The van der Waals surface area contributed by atoms with E-state index in [2.05, 4.69) is 4.74 Å². The number of nitrogens with zero attached hydrogens (tertiary/aromatic N) is 1. The Morgan fingerprint density at radius 1 is 1.15 bits per heavy atom. The molecule has 0 N–H and O–H groups in total. The second kappa shape index (κ2) is 7.85. The SMILES string of the molecule is COC(=O)c1ccc(C=C2SC(=S)N(Cc3ccc(C)cc3)C2=O)cc1. The van der Waals surface area contributed by atoms with Crippen LogP contribution >= 0.6 is 24.0 Å². The van der Waals surface area contributed by atoms with Crippen molar-refractivity contribution in [2.45, 2.75) is 13.5 Å². The van der Waals surface area contributed by atoms with Crippen LogP contribution in [0.2, 0.25) is 0 Å². The number of carbonyl (C=O) groups excluding carboxylic acids is 2. The number of benzene rings is 2. The summed E-state index contributed by atoms with van der Waals surface area (Å²) in [5.74, 6) is -0.487. The van der Waals surface area contributed by atoms with Crippen LogP contribution in [0, 0.1) is 6.92 Å². The average molecular weight is 383 g/mol. The molecule has 1 saturated heterocycles. The Kier molecular flexibility index (Phi) is 5.54. The topological polar surface area (TPSA) is 46.6 Å². The Bertz CT molecular complexity index is 886. The van der Waals surface area contributed by atoms with Gasteiger partial charge in [0.15, 0.2) is 0 Å². The number of esters is 1. The molecular formula is C20H17NO3S2. The molecule has 2 aromatic carbocycles. The molecule has 0 atom stereocenters. The number of rotatable bonds is 4. The van der Waals surface area contributed by atoms with Crippen LogP contribution in [0.1, 0.15) is 27.0 Å². The molecule has 0 saturated carbocycles. The van der Waals surface area contributed by atoms with Gasteiger partial charge >= 0.3 is 5.97 Å². The summed E-state index contributed by atoms with van der Waals surface area (Å²) in [4.78, 5) is 26.4. The molecule has 3 rings (SSSR count). The lowest BCUT2D eigenvalue weighted by Crippen LogP contribution is -2.27. The predicted molar refractivity (Wildman–Crippen MR) is 108 cm³/mol. The van der Waals surface area contributed by atoms with Gasteiger partial charge < -0.3 is 4.74 Å². The van der Waals surface area contributed by atoms with Crippen molar-refractivity contribution in [3.8, 4) is 0 Å². The van der Waals surface area contributed by atoms with Gasteiger partial charge in [-0.2, -0.15) is 0 Å². The third-order valence-corrected chi connectivity index (χ3v) is 5.34. The third kappa shape index (κ3) is 4.03. The molecule has 0 unspecified atom stereocenters. The van der Waals surface area contributed by atoms with Crippen LogP contribution in [0.15, 0.2) is 53.4 Å². The number of thioether (sulfide) groups is 1. The fourth-order valence-corrected chi connectivity index (χ4v) is 3.75. The first-order chi connectivity index (χ1) is 12.5. The molecule has 1 aliphatic heterocycles. The van der Waals surface area contributed by atoms with Crippen molar-refractivity contribution in [1.82, 2.24) is 4.90 Å². The van der Waals surface area contributed by atoms with Gasteiger partial charge in [-0.15, -0.1) is 0 Å². The molecule has 132 valence electrons. The van der Waals surface area contributed by atoms with Gasteiger partial charge in [-0.3, -0.25) is 9.69 Å². The second-order valence-corrected chi connectivity index (χ2v) is 7.54. The molecule has 6 heteroatoms. The smallest absolute Gasteiger partial charge is 0.337 e. The molecule has 1 amide bonds. The van der Waals surface area contributed by atoms with E-state index < -0.39 is 0 Å². The Balaban J connectivity index is 1.76. The largest absolute Gasteiger partial charge is 0.465 e. The summed E-state index contributed by atoms with van der Waals surface area (Å²) in [6.45, 7) is 2.49. The zero-order valence-corrected chi connectivity index (χ0v) is 16.0. The lowest BCUT2D eigenvalue weighted by molar-refractivity contribution is -0.122. The summed E-state index contributed by atoms with van der Waals surface area (Å²) >= 11 is 6.66. The fraction of sp³-hybridized carbons (Fsp3) is 0.150. The van der Waals surface area contributed by atoms with Crippen molar-refractivity contribution < 1.29 is 14.3 Å². The van der Waals surface area contributed by atoms with Gasteiger partial charge in [-0.05, 0) is 36.3 Å². The number of aryl methyl sites for hydroxylation is 1. The molecular weight excluding hydrogens is 366 g/mol. The molecule has 26 heavy (non-hydrogen) atoms. The quantitative estimate of drug-likeness (QED) is 0.450. The van der Waals surface area contributed by atoms with E-state index in [1.165, 1.54) is 24.4 Å². The first-order valence-electron chi connectivity index (χ1n) is 7.97. The fourth-order valence-electron chi connectivity index (χ4n) is 2.50. The maximum absolute atomic E-state index is 12.7. The number of carbonyl (C=O) groups is 2. The van der Waals surface area contributed by atoms with E-state index in [-0.39, 0.29) is 11.9 Å². The second-order valence-electron chi connectivity index (χ2n) is 5.87. The first kappa shape index (κ1) is 18.4. The monoisotopic (exact) mass is 383 g/mol. The molecule has 0 spiro atoms. The summed E-state index contributed by atoms with van der Waals surface area (Å²) in [6, 6.07) is 14.9. The number of amides is 1. The van der Waals surface area contributed by atoms with Gasteiger partial charge in [0.2, 0.25) is 0 Å². The highest BCUT2D eigenvalue weighted by molar-refractivity contribution is 8.26. The number of methoxy groups -OCH3 is 1. The van der Waals surface area contributed by atoms with E-state index in [9.17, 15) is 9.59 Å². The number of hydrogen-bond donors (Lipinski definition) is 0. The van der Waals surface area contributed by atoms with E-state index >= 15 is 0 Å². The Hall–Kier alpha value is -2.44. The van der Waals surface area contributed by atoms with Crippen molar-refractivity contribution in [3.05, 3.63) is 75.7 Å². The average Bonchev–Trinajstić information content (AvgIpc) is 2.91. The van der Waals surface area contributed by atoms with Crippen LogP contribution in [0.5, 0.6) is 0 Å². The van der Waals surface area contributed by atoms with E-state index in [1.54, 1.807) is 35.2 Å². The molecule has 1 heterocycles. The van der Waals surface area contributed by atoms with Crippen LogP contribution in [0.3, 0.4) is 0 Å². The molecule has 0 aliphatic carbocycles. The number of ether oxygens (including phenoxy) is 1. The normalized spacial score (nSPS) is 15.6. The van der Waals surface area contributed by atoms with Crippen LogP contribution in [-0.4, -0.2) is 28.2 Å². The summed E-state index contributed by atoms with van der Waals surface area (Å²) in [5.41, 5.74) is 3.51. The van der Waals surface area contributed by atoms with Crippen molar-refractivity contribution in [2.75, 3.05) is 7.11 Å². The zero-order valence-electron chi connectivity index (χ0n) is 14.4. The Morgan fingerprint density at radius 2 is 1.81 bits per heavy atom. The minimum Gasteiger partial charge on any atom is -0.465 e. The van der Waals surface area contributed by atoms with Crippen LogP contribution in [-0.2, 0) is 16.1 Å². The lowest BCUT2D eigenvalue weighted by atomic mass is 10.1. The van der Waals surface area contributed by atoms with Crippen molar-refractivity contribution >= 4 is 46.3 Å². The highest BCUT2D eigenvalue weighted by Crippen LogP contribution is 2.33. The van der Waals surface area contributed by atoms with E-state index in [0.717, 1.165) is 11.1 Å². The molecule has 2 aromatic rings. The van der Waals surface area contributed by atoms with Crippen LogP contribution in [0.4, 0.5) is 0 Å². The van der Waals surface area contributed by atoms with Gasteiger partial charge in [-0.25, -0.2) is 4.79 Å². The summed E-state index contributed by atoms with van der Waals surface area (Å²) in [6.07, 6.45) is 1.79.